The molecule has 132 valence electrons. The topological polar surface area (TPSA) is 52.6 Å². The van der Waals surface area contributed by atoms with E-state index in [-0.39, 0.29) is 26.1 Å². The normalized spacial score (nSPS) is 18.8. The lowest BCUT2D eigenvalue weighted by molar-refractivity contribution is -0.174. The van der Waals surface area contributed by atoms with Crippen LogP contribution in [0.4, 0.5) is 8.78 Å². The quantitative estimate of drug-likeness (QED) is 0.588. The molecule has 0 aromatic heterocycles. The zero-order chi connectivity index (χ0) is 17.7. The van der Waals surface area contributed by atoms with E-state index in [2.05, 4.69) is 0 Å². The predicted octanol–water partition coefficient (Wildman–Crippen LogP) is 3.48. The molecule has 0 aliphatic heterocycles. The molecule has 1 aliphatic rings. The third kappa shape index (κ3) is 3.57. The van der Waals surface area contributed by atoms with Crippen LogP contribution in [0.5, 0.6) is 0 Å². The Morgan fingerprint density at radius 3 is 2.29 bits per heavy atom. The number of carbonyl (C=O) groups excluding carboxylic acids is 2. The molecule has 1 aromatic carbocycles. The van der Waals surface area contributed by atoms with Gasteiger partial charge in [-0.1, -0.05) is 24.3 Å². The van der Waals surface area contributed by atoms with Crippen LogP contribution in [-0.2, 0) is 25.5 Å². The van der Waals surface area contributed by atoms with Crippen LogP contribution in [0.25, 0.3) is 0 Å². The predicted molar refractivity (Wildman–Crippen MR) is 83.8 cm³/mol. The molecule has 1 atom stereocenters. The third-order valence-corrected chi connectivity index (χ3v) is 4.38. The monoisotopic (exact) mass is 340 g/mol. The number of esters is 2. The molecular weight excluding hydrogens is 318 g/mol. The summed E-state index contributed by atoms with van der Waals surface area (Å²) in [7, 11) is 0. The van der Waals surface area contributed by atoms with Crippen LogP contribution in [0, 0.1) is 5.41 Å². The molecule has 1 unspecified atom stereocenters. The summed E-state index contributed by atoms with van der Waals surface area (Å²) < 4.78 is 36.2. The van der Waals surface area contributed by atoms with Gasteiger partial charge in [0.15, 0.2) is 5.41 Å². The maximum atomic E-state index is 13.0. The molecule has 0 bridgehead atoms. The summed E-state index contributed by atoms with van der Waals surface area (Å²) in [4.78, 5) is 25.1. The molecule has 0 amide bonds. The van der Waals surface area contributed by atoms with Crippen molar-refractivity contribution >= 4 is 11.9 Å². The van der Waals surface area contributed by atoms with Crippen LogP contribution in [0.3, 0.4) is 0 Å². The van der Waals surface area contributed by atoms with Crippen LogP contribution < -0.4 is 0 Å². The van der Waals surface area contributed by atoms with E-state index < -0.39 is 36.1 Å². The van der Waals surface area contributed by atoms with Crippen LogP contribution in [0.15, 0.2) is 24.3 Å². The van der Waals surface area contributed by atoms with Gasteiger partial charge in [0.05, 0.1) is 13.2 Å². The van der Waals surface area contributed by atoms with Gasteiger partial charge in [0, 0.05) is 6.42 Å². The van der Waals surface area contributed by atoms with E-state index in [0.717, 1.165) is 11.1 Å². The van der Waals surface area contributed by atoms with E-state index in [4.69, 9.17) is 9.47 Å². The average molecular weight is 340 g/mol. The van der Waals surface area contributed by atoms with Gasteiger partial charge in [-0.15, -0.1) is 0 Å². The van der Waals surface area contributed by atoms with Crippen molar-refractivity contribution in [1.29, 1.82) is 0 Å². The Balaban J connectivity index is 2.48. The zero-order valence-electron chi connectivity index (χ0n) is 13.9. The summed E-state index contributed by atoms with van der Waals surface area (Å²) in [6.07, 6.45) is -2.84. The molecule has 24 heavy (non-hydrogen) atoms. The highest BCUT2D eigenvalue weighted by atomic mass is 19.3. The fourth-order valence-corrected chi connectivity index (χ4v) is 3.38. The molecule has 0 spiro atoms. The van der Waals surface area contributed by atoms with Crippen molar-refractivity contribution in [2.24, 2.45) is 5.41 Å². The first-order chi connectivity index (χ1) is 11.4. The minimum atomic E-state index is -2.52. The zero-order valence-corrected chi connectivity index (χ0v) is 13.9. The Bertz CT molecular complexity index is 582. The van der Waals surface area contributed by atoms with Crippen molar-refractivity contribution in [2.75, 3.05) is 13.2 Å². The summed E-state index contributed by atoms with van der Waals surface area (Å²) in [5.41, 5.74) is -0.0718. The fraction of sp³-hybridized carbons (Fsp3) is 0.556. The molecule has 6 heteroatoms. The highest BCUT2D eigenvalue weighted by Crippen LogP contribution is 2.46. The van der Waals surface area contributed by atoms with Gasteiger partial charge in [0.1, 0.15) is 0 Å². The minimum Gasteiger partial charge on any atom is -0.465 e. The van der Waals surface area contributed by atoms with Crippen LogP contribution >= 0.6 is 0 Å². The average Bonchev–Trinajstić information content (AvgIpc) is 2.54. The van der Waals surface area contributed by atoms with E-state index >= 15 is 0 Å². The first-order valence-corrected chi connectivity index (χ1v) is 8.15. The molecule has 1 aromatic rings. The van der Waals surface area contributed by atoms with Crippen LogP contribution in [-0.4, -0.2) is 31.6 Å². The number of halogens is 2. The van der Waals surface area contributed by atoms with Crippen molar-refractivity contribution in [3.8, 4) is 0 Å². The number of alkyl halides is 2. The van der Waals surface area contributed by atoms with Gasteiger partial charge >= 0.3 is 11.9 Å². The number of ether oxygens (including phenoxy) is 2. The van der Waals surface area contributed by atoms with Gasteiger partial charge < -0.3 is 9.47 Å². The minimum absolute atomic E-state index is 0.0218. The van der Waals surface area contributed by atoms with Crippen molar-refractivity contribution in [2.45, 2.75) is 45.5 Å². The molecular formula is C18H22F2O4. The smallest absolute Gasteiger partial charge is 0.323 e. The first kappa shape index (κ1) is 18.4. The number of fused-ring (bicyclic) bond motifs is 1. The Kier molecular flexibility index (Phi) is 5.91. The van der Waals surface area contributed by atoms with Crippen LogP contribution in [0.1, 0.15) is 43.7 Å². The lowest BCUT2D eigenvalue weighted by atomic mass is 9.66. The Morgan fingerprint density at radius 2 is 1.75 bits per heavy atom. The second-order valence-electron chi connectivity index (χ2n) is 5.93. The van der Waals surface area contributed by atoms with Crippen molar-refractivity contribution in [3.05, 3.63) is 35.4 Å². The highest BCUT2D eigenvalue weighted by Gasteiger charge is 2.53. The van der Waals surface area contributed by atoms with Crippen molar-refractivity contribution in [1.82, 2.24) is 0 Å². The van der Waals surface area contributed by atoms with E-state index in [0.29, 0.717) is 0 Å². The van der Waals surface area contributed by atoms with E-state index in [1.54, 1.807) is 38.1 Å². The molecule has 0 saturated carbocycles. The summed E-state index contributed by atoms with van der Waals surface area (Å²) in [5.74, 6) is -1.99. The van der Waals surface area contributed by atoms with Gasteiger partial charge in [-0.05, 0) is 43.7 Å². The lowest BCUT2D eigenvalue weighted by Gasteiger charge is -2.38. The molecule has 0 heterocycles. The second-order valence-corrected chi connectivity index (χ2v) is 5.93. The largest absolute Gasteiger partial charge is 0.465 e. The molecule has 4 nitrogen and oxygen atoms in total. The van der Waals surface area contributed by atoms with E-state index in [9.17, 15) is 18.4 Å². The molecule has 0 fully saturated rings. The van der Waals surface area contributed by atoms with Crippen molar-refractivity contribution in [3.63, 3.8) is 0 Å². The van der Waals surface area contributed by atoms with Gasteiger partial charge in [-0.3, -0.25) is 9.59 Å². The third-order valence-electron chi connectivity index (χ3n) is 4.38. The maximum Gasteiger partial charge on any atom is 0.323 e. The SMILES string of the molecule is CCOC(=O)C1(C(=O)OCC)Cc2ccccc2C(CC(F)F)C1. The number of rotatable bonds is 6. The van der Waals surface area contributed by atoms with Gasteiger partial charge in [-0.25, -0.2) is 8.78 Å². The Morgan fingerprint density at radius 1 is 1.17 bits per heavy atom. The van der Waals surface area contributed by atoms with Crippen molar-refractivity contribution < 1.29 is 27.8 Å². The summed E-state index contributed by atoms with van der Waals surface area (Å²) >= 11 is 0. The van der Waals surface area contributed by atoms with Crippen LogP contribution in [0.2, 0.25) is 0 Å². The molecule has 0 saturated heterocycles. The maximum absolute atomic E-state index is 13.0. The fourth-order valence-electron chi connectivity index (χ4n) is 3.38. The lowest BCUT2D eigenvalue weighted by Crippen LogP contribution is -2.47. The van der Waals surface area contributed by atoms with Gasteiger partial charge in [0.25, 0.3) is 0 Å². The Labute approximate surface area is 140 Å². The molecule has 0 N–H and O–H groups in total. The second kappa shape index (κ2) is 7.73. The number of hydrogen-bond acceptors (Lipinski definition) is 4. The summed E-state index contributed by atoms with van der Waals surface area (Å²) in [6, 6.07) is 7.09. The van der Waals surface area contributed by atoms with Gasteiger partial charge in [0.2, 0.25) is 6.43 Å². The standard InChI is InChI=1S/C18H22F2O4/c1-3-23-16(21)18(17(22)24-4-2)10-12-7-5-6-8-14(12)13(11-18)9-15(19)20/h5-8,13,15H,3-4,9-11H2,1-2H3. The van der Waals surface area contributed by atoms with E-state index in [1.807, 2.05) is 0 Å². The number of hydrogen-bond donors (Lipinski definition) is 0. The van der Waals surface area contributed by atoms with E-state index in [1.165, 1.54) is 0 Å². The number of carbonyl (C=O) groups is 2. The highest BCUT2D eigenvalue weighted by molar-refractivity contribution is 6.01. The first-order valence-electron chi connectivity index (χ1n) is 8.15. The molecule has 0 radical (unpaired) electrons. The summed E-state index contributed by atoms with van der Waals surface area (Å²) in [5, 5.41) is 0. The molecule has 2 rings (SSSR count). The van der Waals surface area contributed by atoms with Gasteiger partial charge in [-0.2, -0.15) is 0 Å². The Hall–Kier alpha value is -1.98. The molecule has 1 aliphatic carbocycles. The number of benzene rings is 1. The summed E-state index contributed by atoms with van der Waals surface area (Å²) in [6.45, 7) is 3.51.